The summed E-state index contributed by atoms with van der Waals surface area (Å²) in [6, 6.07) is 7.41. The number of nitrogens with zero attached hydrogens (tertiary/aromatic N) is 2. The smallest absolute Gasteiger partial charge is 0.339 e. The maximum Gasteiger partial charge on any atom is 0.339 e. The van der Waals surface area contributed by atoms with Crippen LogP contribution in [0.5, 0.6) is 0 Å². The van der Waals surface area contributed by atoms with Crippen LogP contribution < -0.4 is 5.32 Å². The molecule has 0 fully saturated rings. The van der Waals surface area contributed by atoms with E-state index in [4.69, 9.17) is 16.7 Å². The van der Waals surface area contributed by atoms with Crippen LogP contribution in [0.25, 0.3) is 0 Å². The number of carboxylic acid groups (broad SMARTS) is 1. The maximum absolute atomic E-state index is 10.9. The molecule has 1 atom stereocenters. The number of carbonyl (C=O) groups is 1. The van der Waals surface area contributed by atoms with Gasteiger partial charge in [-0.15, -0.1) is 0 Å². The molecular weight excluding hydrogens is 278 g/mol. The van der Waals surface area contributed by atoms with Crippen LogP contribution in [-0.2, 0) is 0 Å². The molecule has 104 valence electrons. The normalized spacial score (nSPS) is 11.9. The molecule has 1 unspecified atom stereocenters. The van der Waals surface area contributed by atoms with E-state index in [0.29, 0.717) is 16.7 Å². The SMILES string of the molecule is Cc1nc(NC(C)c2ccccc2Cl)ncc1C(=O)O. The van der Waals surface area contributed by atoms with E-state index in [9.17, 15) is 4.79 Å². The molecule has 0 radical (unpaired) electrons. The molecule has 0 amide bonds. The van der Waals surface area contributed by atoms with E-state index in [0.717, 1.165) is 5.56 Å². The number of halogens is 1. The molecule has 0 aliphatic rings. The lowest BCUT2D eigenvalue weighted by Gasteiger charge is -2.16. The van der Waals surface area contributed by atoms with Crippen molar-refractivity contribution >= 4 is 23.5 Å². The van der Waals surface area contributed by atoms with Crippen molar-refractivity contribution in [1.29, 1.82) is 0 Å². The summed E-state index contributed by atoms with van der Waals surface area (Å²) in [5, 5.41) is 12.7. The van der Waals surface area contributed by atoms with E-state index in [1.54, 1.807) is 6.92 Å². The average Bonchev–Trinajstić information content (AvgIpc) is 2.38. The number of benzene rings is 1. The zero-order valence-electron chi connectivity index (χ0n) is 11.1. The van der Waals surface area contributed by atoms with Crippen LogP contribution >= 0.6 is 11.6 Å². The molecule has 2 rings (SSSR count). The fourth-order valence-electron chi connectivity index (χ4n) is 1.84. The third-order valence-corrected chi connectivity index (χ3v) is 3.27. The van der Waals surface area contributed by atoms with Crippen LogP contribution in [0.3, 0.4) is 0 Å². The van der Waals surface area contributed by atoms with Crippen molar-refractivity contribution in [3.8, 4) is 0 Å². The maximum atomic E-state index is 10.9. The minimum absolute atomic E-state index is 0.0845. The predicted octanol–water partition coefficient (Wildman–Crippen LogP) is 3.31. The molecule has 0 aliphatic heterocycles. The molecular formula is C14H14ClN3O2. The summed E-state index contributed by atoms with van der Waals surface area (Å²) < 4.78 is 0. The highest BCUT2D eigenvalue weighted by molar-refractivity contribution is 6.31. The number of nitrogens with one attached hydrogen (secondary N) is 1. The molecule has 1 aromatic carbocycles. The van der Waals surface area contributed by atoms with Crippen molar-refractivity contribution in [1.82, 2.24) is 9.97 Å². The van der Waals surface area contributed by atoms with Gasteiger partial charge in [-0.2, -0.15) is 0 Å². The van der Waals surface area contributed by atoms with Gasteiger partial charge >= 0.3 is 5.97 Å². The second kappa shape index (κ2) is 5.88. The average molecular weight is 292 g/mol. The third kappa shape index (κ3) is 3.05. The Balaban J connectivity index is 2.20. The van der Waals surface area contributed by atoms with E-state index >= 15 is 0 Å². The molecule has 1 heterocycles. The molecule has 0 saturated heterocycles. The van der Waals surface area contributed by atoms with Crippen LogP contribution in [0.2, 0.25) is 5.02 Å². The van der Waals surface area contributed by atoms with Crippen molar-refractivity contribution in [3.63, 3.8) is 0 Å². The molecule has 1 aromatic heterocycles. The Morgan fingerprint density at radius 1 is 1.40 bits per heavy atom. The van der Waals surface area contributed by atoms with E-state index in [2.05, 4.69) is 15.3 Å². The Labute approximate surface area is 121 Å². The standard InChI is InChI=1S/C14H14ClN3O2/c1-8(10-5-3-4-6-12(10)15)17-14-16-7-11(13(19)20)9(2)18-14/h3-8H,1-2H3,(H,19,20)(H,16,17,18). The fourth-order valence-corrected chi connectivity index (χ4v) is 2.14. The lowest BCUT2D eigenvalue weighted by Crippen LogP contribution is -2.12. The molecule has 0 spiro atoms. The first-order valence-electron chi connectivity index (χ1n) is 6.07. The van der Waals surface area contributed by atoms with E-state index < -0.39 is 5.97 Å². The highest BCUT2D eigenvalue weighted by atomic mass is 35.5. The second-order valence-corrected chi connectivity index (χ2v) is 4.79. The Morgan fingerprint density at radius 2 is 2.10 bits per heavy atom. The van der Waals surface area contributed by atoms with Crippen LogP contribution in [0.4, 0.5) is 5.95 Å². The minimum atomic E-state index is -1.03. The number of hydrogen-bond donors (Lipinski definition) is 2. The van der Waals surface area contributed by atoms with Crippen molar-refractivity contribution in [2.75, 3.05) is 5.32 Å². The lowest BCUT2D eigenvalue weighted by molar-refractivity contribution is 0.0695. The second-order valence-electron chi connectivity index (χ2n) is 4.39. The Hall–Kier alpha value is -2.14. The first-order valence-corrected chi connectivity index (χ1v) is 6.44. The number of aryl methyl sites for hydroxylation is 1. The van der Waals surface area contributed by atoms with Gasteiger partial charge in [0, 0.05) is 11.2 Å². The topological polar surface area (TPSA) is 75.1 Å². The fraction of sp³-hybridized carbons (Fsp3) is 0.214. The third-order valence-electron chi connectivity index (χ3n) is 2.93. The lowest BCUT2D eigenvalue weighted by atomic mass is 10.1. The zero-order valence-corrected chi connectivity index (χ0v) is 11.8. The monoisotopic (exact) mass is 291 g/mol. The molecule has 20 heavy (non-hydrogen) atoms. The van der Waals surface area contributed by atoms with Gasteiger partial charge in [0.2, 0.25) is 5.95 Å². The Bertz CT molecular complexity index is 646. The van der Waals surface area contributed by atoms with Gasteiger partial charge < -0.3 is 10.4 Å². The number of rotatable bonds is 4. The van der Waals surface area contributed by atoms with Gasteiger partial charge in [-0.3, -0.25) is 0 Å². The van der Waals surface area contributed by atoms with Crippen LogP contribution in [0, 0.1) is 6.92 Å². The summed E-state index contributed by atoms with van der Waals surface area (Å²) in [5.74, 6) is -0.659. The van der Waals surface area contributed by atoms with Gasteiger partial charge in [0.25, 0.3) is 0 Å². The van der Waals surface area contributed by atoms with Crippen molar-refractivity contribution in [3.05, 3.63) is 52.3 Å². The van der Waals surface area contributed by atoms with Crippen LogP contribution in [0.1, 0.15) is 34.6 Å². The summed E-state index contributed by atoms with van der Waals surface area (Å²) in [5.41, 5.74) is 1.44. The van der Waals surface area contributed by atoms with Gasteiger partial charge in [0.05, 0.1) is 17.3 Å². The molecule has 2 aromatic rings. The van der Waals surface area contributed by atoms with Crippen molar-refractivity contribution in [2.45, 2.75) is 19.9 Å². The van der Waals surface area contributed by atoms with E-state index in [1.165, 1.54) is 6.20 Å². The molecule has 2 N–H and O–H groups in total. The summed E-state index contributed by atoms with van der Waals surface area (Å²) in [6.45, 7) is 3.57. The van der Waals surface area contributed by atoms with Gasteiger partial charge in [-0.05, 0) is 25.5 Å². The van der Waals surface area contributed by atoms with Crippen LogP contribution in [-0.4, -0.2) is 21.0 Å². The predicted molar refractivity (Wildman–Crippen MR) is 77.2 cm³/mol. The van der Waals surface area contributed by atoms with Crippen molar-refractivity contribution in [2.24, 2.45) is 0 Å². The molecule has 6 heteroatoms. The number of aromatic carboxylic acids is 1. The molecule has 0 bridgehead atoms. The quantitative estimate of drug-likeness (QED) is 0.904. The van der Waals surface area contributed by atoms with E-state index in [1.807, 2.05) is 31.2 Å². The minimum Gasteiger partial charge on any atom is -0.478 e. The first kappa shape index (κ1) is 14.3. The number of carboxylic acids is 1. The summed E-state index contributed by atoms with van der Waals surface area (Å²) in [4.78, 5) is 19.1. The summed E-state index contributed by atoms with van der Waals surface area (Å²) >= 11 is 6.12. The van der Waals surface area contributed by atoms with Gasteiger partial charge in [-0.1, -0.05) is 29.8 Å². The highest BCUT2D eigenvalue weighted by Gasteiger charge is 2.13. The number of anilines is 1. The zero-order chi connectivity index (χ0) is 14.7. The summed E-state index contributed by atoms with van der Waals surface area (Å²) in [6.07, 6.45) is 1.30. The molecule has 5 nitrogen and oxygen atoms in total. The number of hydrogen-bond acceptors (Lipinski definition) is 4. The molecule has 0 saturated carbocycles. The van der Waals surface area contributed by atoms with Gasteiger partial charge in [0.1, 0.15) is 0 Å². The highest BCUT2D eigenvalue weighted by Crippen LogP contribution is 2.24. The largest absolute Gasteiger partial charge is 0.478 e. The molecule has 0 aliphatic carbocycles. The van der Waals surface area contributed by atoms with Gasteiger partial charge in [0.15, 0.2) is 0 Å². The van der Waals surface area contributed by atoms with Crippen molar-refractivity contribution < 1.29 is 9.90 Å². The Morgan fingerprint density at radius 3 is 2.70 bits per heavy atom. The van der Waals surface area contributed by atoms with Gasteiger partial charge in [-0.25, -0.2) is 14.8 Å². The summed E-state index contributed by atoms with van der Waals surface area (Å²) in [7, 11) is 0. The van der Waals surface area contributed by atoms with E-state index in [-0.39, 0.29) is 11.6 Å². The van der Waals surface area contributed by atoms with Crippen LogP contribution in [0.15, 0.2) is 30.5 Å². The number of aromatic nitrogens is 2. The Kier molecular flexibility index (Phi) is 4.20. The first-order chi connectivity index (χ1) is 9.49.